The van der Waals surface area contributed by atoms with Crippen LogP contribution in [0.2, 0.25) is 0 Å². The van der Waals surface area contributed by atoms with Crippen molar-refractivity contribution in [3.8, 4) is 5.75 Å². The third kappa shape index (κ3) is 1.56. The molecule has 86 valence electrons. The van der Waals surface area contributed by atoms with E-state index in [1.165, 1.54) is 0 Å². The zero-order valence-electron chi connectivity index (χ0n) is 9.40. The van der Waals surface area contributed by atoms with E-state index < -0.39 is 11.4 Å². The first-order chi connectivity index (χ1) is 7.70. The van der Waals surface area contributed by atoms with Crippen LogP contribution in [0, 0.1) is 0 Å². The molecule has 1 fully saturated rings. The number of carboxylic acids is 1. The average molecular weight is 220 g/mol. The maximum Gasteiger partial charge on any atom is 0.314 e. The fraction of sp³-hybridized carbons (Fsp3) is 0.462. The van der Waals surface area contributed by atoms with Crippen LogP contribution < -0.4 is 4.74 Å². The summed E-state index contributed by atoms with van der Waals surface area (Å²) in [5.41, 5.74) is 0.127. The minimum Gasteiger partial charge on any atom is -0.494 e. The summed E-state index contributed by atoms with van der Waals surface area (Å²) in [6.45, 7) is 2.47. The normalized spacial score (nSPS) is 17.6. The minimum absolute atomic E-state index is 0.562. The van der Waals surface area contributed by atoms with Crippen molar-refractivity contribution in [1.82, 2.24) is 0 Å². The predicted molar refractivity (Wildman–Crippen MR) is 60.8 cm³/mol. The second kappa shape index (κ2) is 4.16. The van der Waals surface area contributed by atoms with Gasteiger partial charge in [-0.3, -0.25) is 4.79 Å². The molecule has 0 saturated heterocycles. The first-order valence-electron chi connectivity index (χ1n) is 5.66. The first-order valence-corrected chi connectivity index (χ1v) is 5.66. The van der Waals surface area contributed by atoms with Crippen molar-refractivity contribution < 1.29 is 14.6 Å². The van der Waals surface area contributed by atoms with Crippen molar-refractivity contribution in [3.05, 3.63) is 29.8 Å². The van der Waals surface area contributed by atoms with Crippen LogP contribution in [-0.2, 0) is 10.2 Å². The van der Waals surface area contributed by atoms with Gasteiger partial charge in [-0.15, -0.1) is 0 Å². The summed E-state index contributed by atoms with van der Waals surface area (Å²) in [5.74, 6) is -0.0157. The number of carbonyl (C=O) groups is 1. The van der Waals surface area contributed by atoms with Gasteiger partial charge >= 0.3 is 5.97 Å². The topological polar surface area (TPSA) is 46.5 Å². The van der Waals surface area contributed by atoms with Gasteiger partial charge in [-0.25, -0.2) is 0 Å². The van der Waals surface area contributed by atoms with Crippen LogP contribution in [-0.4, -0.2) is 17.7 Å². The summed E-state index contributed by atoms with van der Waals surface area (Å²) < 4.78 is 5.51. The van der Waals surface area contributed by atoms with Gasteiger partial charge < -0.3 is 9.84 Å². The van der Waals surface area contributed by atoms with E-state index in [1.54, 1.807) is 0 Å². The molecule has 1 saturated carbocycles. The molecule has 0 aromatic heterocycles. The number of carboxylic acid groups (broad SMARTS) is 1. The van der Waals surface area contributed by atoms with Gasteiger partial charge in [0.1, 0.15) is 5.75 Å². The highest BCUT2D eigenvalue weighted by molar-refractivity contribution is 5.83. The molecule has 3 nitrogen and oxygen atoms in total. The molecule has 0 aliphatic heterocycles. The highest BCUT2D eigenvalue weighted by Gasteiger charge is 2.47. The van der Waals surface area contributed by atoms with Crippen LogP contribution in [0.4, 0.5) is 0 Å². The number of para-hydroxylation sites is 1. The van der Waals surface area contributed by atoms with Gasteiger partial charge in [0.15, 0.2) is 0 Å². The number of benzene rings is 1. The van der Waals surface area contributed by atoms with Crippen molar-refractivity contribution in [3.63, 3.8) is 0 Å². The Hall–Kier alpha value is -1.51. The lowest BCUT2D eigenvalue weighted by molar-refractivity contribution is -0.147. The maximum atomic E-state index is 11.4. The smallest absolute Gasteiger partial charge is 0.314 e. The zero-order valence-corrected chi connectivity index (χ0v) is 9.40. The summed E-state index contributed by atoms with van der Waals surface area (Å²) in [4.78, 5) is 11.4. The van der Waals surface area contributed by atoms with Gasteiger partial charge in [0.2, 0.25) is 0 Å². The number of aliphatic carboxylic acids is 1. The fourth-order valence-corrected chi connectivity index (χ4v) is 2.27. The van der Waals surface area contributed by atoms with Crippen LogP contribution in [0.1, 0.15) is 31.7 Å². The van der Waals surface area contributed by atoms with Crippen LogP contribution in [0.25, 0.3) is 0 Å². The lowest BCUT2D eigenvalue weighted by Gasteiger charge is -2.38. The maximum absolute atomic E-state index is 11.4. The molecule has 0 amide bonds. The second-order valence-electron chi connectivity index (χ2n) is 4.17. The second-order valence-corrected chi connectivity index (χ2v) is 4.17. The van der Waals surface area contributed by atoms with Gasteiger partial charge in [-0.2, -0.15) is 0 Å². The zero-order chi connectivity index (χ0) is 11.6. The molecular weight excluding hydrogens is 204 g/mol. The predicted octanol–water partition coefficient (Wildman–Crippen LogP) is 2.59. The van der Waals surface area contributed by atoms with Crippen molar-refractivity contribution in [2.75, 3.05) is 6.61 Å². The Morgan fingerprint density at radius 1 is 1.44 bits per heavy atom. The Bertz CT molecular complexity index is 394. The average Bonchev–Trinajstić information content (AvgIpc) is 2.18. The lowest BCUT2D eigenvalue weighted by atomic mass is 9.64. The van der Waals surface area contributed by atoms with Crippen LogP contribution in [0.3, 0.4) is 0 Å². The lowest BCUT2D eigenvalue weighted by Crippen LogP contribution is -2.42. The summed E-state index contributed by atoms with van der Waals surface area (Å²) in [7, 11) is 0. The standard InChI is InChI=1S/C13H16O3/c1-2-16-11-7-4-3-6-10(11)13(12(14)15)8-5-9-13/h3-4,6-7H,2,5,8-9H2,1H3,(H,14,15). The summed E-state index contributed by atoms with van der Waals surface area (Å²) in [5, 5.41) is 9.37. The number of rotatable bonds is 4. The number of hydrogen-bond acceptors (Lipinski definition) is 2. The molecule has 1 aliphatic carbocycles. The van der Waals surface area contributed by atoms with E-state index in [-0.39, 0.29) is 0 Å². The van der Waals surface area contributed by atoms with Crippen LogP contribution in [0.5, 0.6) is 5.75 Å². The van der Waals surface area contributed by atoms with E-state index in [4.69, 9.17) is 4.74 Å². The Morgan fingerprint density at radius 2 is 2.12 bits per heavy atom. The third-order valence-electron chi connectivity index (χ3n) is 3.32. The van der Waals surface area contributed by atoms with E-state index in [2.05, 4.69) is 0 Å². The van der Waals surface area contributed by atoms with Gasteiger partial charge in [0, 0.05) is 5.56 Å². The Labute approximate surface area is 95.0 Å². The molecule has 0 heterocycles. The monoisotopic (exact) mass is 220 g/mol. The molecule has 0 spiro atoms. The molecule has 1 aliphatic rings. The summed E-state index contributed by atoms with van der Waals surface area (Å²) in [6, 6.07) is 7.48. The van der Waals surface area contributed by atoms with Crippen LogP contribution >= 0.6 is 0 Å². The number of ether oxygens (including phenoxy) is 1. The Balaban J connectivity index is 2.41. The molecule has 2 rings (SSSR count). The van der Waals surface area contributed by atoms with Gasteiger partial charge in [0.05, 0.1) is 12.0 Å². The van der Waals surface area contributed by atoms with E-state index in [0.29, 0.717) is 25.2 Å². The van der Waals surface area contributed by atoms with E-state index in [9.17, 15) is 9.90 Å². The third-order valence-corrected chi connectivity index (χ3v) is 3.32. The minimum atomic E-state index is -0.731. The molecule has 1 N–H and O–H groups in total. The van der Waals surface area contributed by atoms with E-state index in [1.807, 2.05) is 31.2 Å². The van der Waals surface area contributed by atoms with Crippen molar-refractivity contribution in [1.29, 1.82) is 0 Å². The van der Waals surface area contributed by atoms with Gasteiger partial charge in [-0.05, 0) is 25.8 Å². The van der Waals surface area contributed by atoms with E-state index in [0.717, 1.165) is 12.0 Å². The molecule has 1 aromatic rings. The molecular formula is C13H16O3. The molecule has 1 aromatic carbocycles. The van der Waals surface area contributed by atoms with Crippen molar-refractivity contribution >= 4 is 5.97 Å². The molecule has 3 heteroatoms. The highest BCUT2D eigenvalue weighted by Crippen LogP contribution is 2.47. The largest absolute Gasteiger partial charge is 0.494 e. The van der Waals surface area contributed by atoms with Crippen molar-refractivity contribution in [2.24, 2.45) is 0 Å². The Morgan fingerprint density at radius 3 is 2.62 bits per heavy atom. The quantitative estimate of drug-likeness (QED) is 0.848. The Kier molecular flexibility index (Phi) is 2.86. The van der Waals surface area contributed by atoms with Gasteiger partial charge in [-0.1, -0.05) is 24.6 Å². The molecule has 0 atom stereocenters. The highest BCUT2D eigenvalue weighted by atomic mass is 16.5. The van der Waals surface area contributed by atoms with Crippen molar-refractivity contribution in [2.45, 2.75) is 31.6 Å². The molecule has 0 radical (unpaired) electrons. The molecule has 16 heavy (non-hydrogen) atoms. The van der Waals surface area contributed by atoms with Gasteiger partial charge in [0.25, 0.3) is 0 Å². The summed E-state index contributed by atoms with van der Waals surface area (Å²) in [6.07, 6.45) is 2.41. The SMILES string of the molecule is CCOc1ccccc1C1(C(=O)O)CCC1. The van der Waals surface area contributed by atoms with Crippen LogP contribution in [0.15, 0.2) is 24.3 Å². The van der Waals surface area contributed by atoms with E-state index >= 15 is 0 Å². The summed E-state index contributed by atoms with van der Waals surface area (Å²) >= 11 is 0. The number of hydrogen-bond donors (Lipinski definition) is 1. The first kappa shape index (κ1) is 11.0. The molecule has 0 bridgehead atoms. The molecule has 0 unspecified atom stereocenters. The fourth-order valence-electron chi connectivity index (χ4n) is 2.27.